The van der Waals surface area contributed by atoms with E-state index in [9.17, 15) is 0 Å². The predicted octanol–water partition coefficient (Wildman–Crippen LogP) is 2.82. The van der Waals surface area contributed by atoms with E-state index < -0.39 is 0 Å². The summed E-state index contributed by atoms with van der Waals surface area (Å²) in [6.45, 7) is 7.12. The van der Waals surface area contributed by atoms with Gasteiger partial charge >= 0.3 is 0 Å². The molecule has 0 unspecified atom stereocenters. The summed E-state index contributed by atoms with van der Waals surface area (Å²) in [7, 11) is 1.74. The molecular formula is C15H27N3OS. The second-order valence-corrected chi connectivity index (χ2v) is 6.35. The van der Waals surface area contributed by atoms with E-state index in [0.29, 0.717) is 0 Å². The van der Waals surface area contributed by atoms with E-state index in [-0.39, 0.29) is 0 Å². The van der Waals surface area contributed by atoms with Crippen molar-refractivity contribution >= 4 is 16.5 Å². The van der Waals surface area contributed by atoms with Gasteiger partial charge in [0.15, 0.2) is 5.13 Å². The minimum Gasteiger partial charge on any atom is -0.383 e. The highest BCUT2D eigenvalue weighted by Gasteiger charge is 2.16. The van der Waals surface area contributed by atoms with Crippen LogP contribution >= 0.6 is 11.3 Å². The minimum absolute atomic E-state index is 0.763. The Kier molecular flexibility index (Phi) is 6.76. The molecule has 1 aliphatic rings. The fraction of sp³-hybridized carbons (Fsp3) is 0.800. The molecule has 0 radical (unpaired) electrons. The van der Waals surface area contributed by atoms with Crippen LogP contribution in [0.15, 0.2) is 0 Å². The first-order valence-corrected chi connectivity index (χ1v) is 8.60. The first-order chi connectivity index (χ1) is 9.85. The lowest BCUT2D eigenvalue weighted by Crippen LogP contribution is -2.23. The van der Waals surface area contributed by atoms with E-state index in [1.54, 1.807) is 7.11 Å². The molecule has 2 heterocycles. The van der Waals surface area contributed by atoms with Crippen LogP contribution in [0.3, 0.4) is 0 Å². The van der Waals surface area contributed by atoms with Crippen LogP contribution in [-0.2, 0) is 17.7 Å². The summed E-state index contributed by atoms with van der Waals surface area (Å²) in [6.07, 6.45) is 6.37. The van der Waals surface area contributed by atoms with Gasteiger partial charge in [-0.2, -0.15) is 0 Å². The first kappa shape index (κ1) is 15.7. The molecule has 0 saturated carbocycles. The molecule has 1 aromatic rings. The molecule has 4 nitrogen and oxygen atoms in total. The zero-order chi connectivity index (χ0) is 14.2. The monoisotopic (exact) mass is 297 g/mol. The van der Waals surface area contributed by atoms with Gasteiger partial charge in [-0.1, -0.05) is 19.8 Å². The van der Waals surface area contributed by atoms with Gasteiger partial charge in [-0.15, -0.1) is 11.3 Å². The van der Waals surface area contributed by atoms with E-state index in [2.05, 4.69) is 17.1 Å². The molecule has 1 saturated heterocycles. The summed E-state index contributed by atoms with van der Waals surface area (Å²) in [5.41, 5.74) is 1.26. The summed E-state index contributed by atoms with van der Waals surface area (Å²) in [5, 5.41) is 4.66. The van der Waals surface area contributed by atoms with Gasteiger partial charge in [-0.3, -0.25) is 0 Å². The average molecular weight is 297 g/mol. The SMILES string of the molecule is CCc1nc(N2CCCCCC2)sc1CNCCOC. The van der Waals surface area contributed by atoms with Crippen molar-refractivity contribution in [3.8, 4) is 0 Å². The molecule has 0 aromatic carbocycles. The number of anilines is 1. The number of methoxy groups -OCH3 is 1. The summed E-state index contributed by atoms with van der Waals surface area (Å²) in [5.74, 6) is 0. The summed E-state index contributed by atoms with van der Waals surface area (Å²) >= 11 is 1.87. The van der Waals surface area contributed by atoms with Crippen LogP contribution in [0.4, 0.5) is 5.13 Å². The molecular weight excluding hydrogens is 270 g/mol. The Labute approximate surface area is 126 Å². The van der Waals surface area contributed by atoms with Crippen molar-refractivity contribution in [3.05, 3.63) is 10.6 Å². The average Bonchev–Trinajstić information content (AvgIpc) is 2.69. The quantitative estimate of drug-likeness (QED) is 0.785. The molecule has 1 N–H and O–H groups in total. The van der Waals surface area contributed by atoms with Crippen LogP contribution in [0.1, 0.15) is 43.2 Å². The number of hydrogen-bond acceptors (Lipinski definition) is 5. The highest BCUT2D eigenvalue weighted by molar-refractivity contribution is 7.15. The number of nitrogens with one attached hydrogen (secondary N) is 1. The Morgan fingerprint density at radius 2 is 2.00 bits per heavy atom. The van der Waals surface area contributed by atoms with E-state index in [1.807, 2.05) is 11.3 Å². The number of ether oxygens (including phenoxy) is 1. The molecule has 0 aliphatic carbocycles. The van der Waals surface area contributed by atoms with Gasteiger partial charge in [0.2, 0.25) is 0 Å². The van der Waals surface area contributed by atoms with E-state index in [0.717, 1.165) is 26.1 Å². The second kappa shape index (κ2) is 8.60. The van der Waals surface area contributed by atoms with Crippen molar-refractivity contribution in [2.75, 3.05) is 38.3 Å². The Morgan fingerprint density at radius 3 is 2.65 bits per heavy atom. The van der Waals surface area contributed by atoms with Gasteiger partial charge < -0.3 is 15.0 Å². The third kappa shape index (κ3) is 4.43. The molecule has 5 heteroatoms. The Bertz CT molecular complexity index is 386. The largest absolute Gasteiger partial charge is 0.383 e. The van der Waals surface area contributed by atoms with Gasteiger partial charge in [0, 0.05) is 38.2 Å². The number of hydrogen-bond donors (Lipinski definition) is 1. The first-order valence-electron chi connectivity index (χ1n) is 7.78. The molecule has 1 aliphatic heterocycles. The molecule has 0 amide bonds. The topological polar surface area (TPSA) is 37.4 Å². The minimum atomic E-state index is 0.763. The van der Waals surface area contributed by atoms with Crippen molar-refractivity contribution < 1.29 is 4.74 Å². The van der Waals surface area contributed by atoms with E-state index >= 15 is 0 Å². The summed E-state index contributed by atoms with van der Waals surface area (Å²) in [6, 6.07) is 0. The van der Waals surface area contributed by atoms with Crippen molar-refractivity contribution in [1.82, 2.24) is 10.3 Å². The van der Waals surface area contributed by atoms with Crippen LogP contribution < -0.4 is 10.2 Å². The zero-order valence-corrected chi connectivity index (χ0v) is 13.6. The predicted molar refractivity (Wildman–Crippen MR) is 85.8 cm³/mol. The molecule has 114 valence electrons. The van der Waals surface area contributed by atoms with Crippen molar-refractivity contribution in [3.63, 3.8) is 0 Å². The molecule has 0 bridgehead atoms. The molecule has 0 atom stereocenters. The lowest BCUT2D eigenvalue weighted by molar-refractivity contribution is 0.199. The lowest BCUT2D eigenvalue weighted by Gasteiger charge is -2.18. The maximum atomic E-state index is 5.07. The van der Waals surface area contributed by atoms with E-state index in [4.69, 9.17) is 9.72 Å². The standard InChI is InChI=1S/C15H27N3OS/c1-3-13-14(12-16-8-11-19-2)20-15(17-13)18-9-6-4-5-7-10-18/h16H,3-12H2,1-2H3. The number of aromatic nitrogens is 1. The number of rotatable bonds is 7. The Morgan fingerprint density at radius 1 is 1.25 bits per heavy atom. The maximum Gasteiger partial charge on any atom is 0.185 e. The fourth-order valence-electron chi connectivity index (χ4n) is 2.56. The normalized spacial score (nSPS) is 16.4. The maximum absolute atomic E-state index is 5.07. The Balaban J connectivity index is 1.97. The van der Waals surface area contributed by atoms with Crippen LogP contribution in [-0.4, -0.2) is 38.3 Å². The molecule has 1 fully saturated rings. The smallest absolute Gasteiger partial charge is 0.185 e. The fourth-order valence-corrected chi connectivity index (χ4v) is 3.73. The third-order valence-corrected chi connectivity index (χ3v) is 4.91. The van der Waals surface area contributed by atoms with Crippen molar-refractivity contribution in [2.45, 2.75) is 45.6 Å². The van der Waals surface area contributed by atoms with Gasteiger partial charge in [-0.05, 0) is 19.3 Å². The highest BCUT2D eigenvalue weighted by Crippen LogP contribution is 2.28. The molecule has 2 rings (SSSR count). The van der Waals surface area contributed by atoms with E-state index in [1.165, 1.54) is 54.5 Å². The van der Waals surface area contributed by atoms with Gasteiger partial charge in [-0.25, -0.2) is 4.98 Å². The van der Waals surface area contributed by atoms with Crippen LogP contribution in [0.5, 0.6) is 0 Å². The summed E-state index contributed by atoms with van der Waals surface area (Å²) < 4.78 is 5.07. The number of thiazole rings is 1. The van der Waals surface area contributed by atoms with Crippen molar-refractivity contribution in [2.24, 2.45) is 0 Å². The van der Waals surface area contributed by atoms with Crippen LogP contribution in [0.25, 0.3) is 0 Å². The van der Waals surface area contributed by atoms with Crippen LogP contribution in [0, 0.1) is 0 Å². The third-order valence-electron chi connectivity index (χ3n) is 3.75. The van der Waals surface area contributed by atoms with Gasteiger partial charge in [0.05, 0.1) is 12.3 Å². The number of nitrogens with zero attached hydrogens (tertiary/aromatic N) is 2. The lowest BCUT2D eigenvalue weighted by atomic mass is 10.2. The molecule has 20 heavy (non-hydrogen) atoms. The van der Waals surface area contributed by atoms with Crippen LogP contribution in [0.2, 0.25) is 0 Å². The second-order valence-electron chi connectivity index (χ2n) is 5.29. The zero-order valence-electron chi connectivity index (χ0n) is 12.8. The van der Waals surface area contributed by atoms with Crippen molar-refractivity contribution in [1.29, 1.82) is 0 Å². The van der Waals surface area contributed by atoms with Gasteiger partial charge in [0.1, 0.15) is 0 Å². The molecule has 1 aromatic heterocycles. The highest BCUT2D eigenvalue weighted by atomic mass is 32.1. The molecule has 0 spiro atoms. The Hall–Kier alpha value is -0.650. The van der Waals surface area contributed by atoms with Gasteiger partial charge in [0.25, 0.3) is 0 Å². The summed E-state index contributed by atoms with van der Waals surface area (Å²) in [4.78, 5) is 8.74. The number of aryl methyl sites for hydroxylation is 1.